The van der Waals surface area contributed by atoms with Gasteiger partial charge in [0.25, 0.3) is 0 Å². The van der Waals surface area contributed by atoms with E-state index in [1.807, 2.05) is 30.5 Å². The molecule has 0 radical (unpaired) electrons. The van der Waals surface area contributed by atoms with E-state index in [1.54, 1.807) is 0 Å². The molecular formula is C12H14N2Si. The molecule has 0 atom stereocenters. The maximum atomic E-state index is 8.48. The maximum absolute atomic E-state index is 8.48. The fourth-order valence-corrected chi connectivity index (χ4v) is 1.52. The maximum Gasteiger partial charge on any atom is 0.181 e. The van der Waals surface area contributed by atoms with Crippen molar-refractivity contribution in [3.63, 3.8) is 0 Å². The summed E-state index contributed by atoms with van der Waals surface area (Å²) in [5.41, 5.74) is 5.03. The Balaban J connectivity index is 2.91. The molecule has 2 nitrogen and oxygen atoms in total. The Bertz CT molecular complexity index is 441. The SMILES string of the molecule is C[Si](C)(C)C#Cc1cccc(NC#N)c1. The fourth-order valence-electron chi connectivity index (χ4n) is 0.999. The van der Waals surface area contributed by atoms with Crippen LogP contribution in [0.15, 0.2) is 24.3 Å². The zero-order valence-corrected chi connectivity index (χ0v) is 10.3. The first-order chi connectivity index (χ1) is 7.01. The van der Waals surface area contributed by atoms with Gasteiger partial charge in [0.05, 0.1) is 0 Å². The Hall–Kier alpha value is -1.71. The second-order valence-electron chi connectivity index (χ2n) is 4.32. The largest absolute Gasteiger partial charge is 0.293 e. The van der Waals surface area contributed by atoms with Crippen molar-refractivity contribution in [3.8, 4) is 17.7 Å². The Morgan fingerprint density at radius 1 is 1.27 bits per heavy atom. The van der Waals surface area contributed by atoms with E-state index in [0.717, 1.165) is 11.3 Å². The molecule has 0 unspecified atom stereocenters. The van der Waals surface area contributed by atoms with Gasteiger partial charge in [-0.15, -0.1) is 5.54 Å². The van der Waals surface area contributed by atoms with E-state index >= 15 is 0 Å². The summed E-state index contributed by atoms with van der Waals surface area (Å²) in [5, 5.41) is 11.1. The first kappa shape index (κ1) is 11.4. The minimum Gasteiger partial charge on any atom is -0.293 e. The van der Waals surface area contributed by atoms with Gasteiger partial charge in [-0.3, -0.25) is 5.32 Å². The number of nitriles is 1. The van der Waals surface area contributed by atoms with Gasteiger partial charge < -0.3 is 0 Å². The molecule has 0 bridgehead atoms. The van der Waals surface area contributed by atoms with Crippen molar-refractivity contribution < 1.29 is 0 Å². The highest BCUT2D eigenvalue weighted by atomic mass is 28.3. The summed E-state index contributed by atoms with van der Waals surface area (Å²) in [6.45, 7) is 6.62. The smallest absolute Gasteiger partial charge is 0.181 e. The van der Waals surface area contributed by atoms with Gasteiger partial charge in [-0.1, -0.05) is 31.6 Å². The molecule has 0 aliphatic carbocycles. The molecule has 15 heavy (non-hydrogen) atoms. The van der Waals surface area contributed by atoms with Crippen molar-refractivity contribution in [1.29, 1.82) is 5.26 Å². The average Bonchev–Trinajstić information content (AvgIpc) is 2.15. The predicted octanol–water partition coefficient (Wildman–Crippen LogP) is 2.81. The lowest BCUT2D eigenvalue weighted by molar-refractivity contribution is 1.47. The minimum absolute atomic E-state index is 0.792. The van der Waals surface area contributed by atoms with Gasteiger partial charge in [0, 0.05) is 11.3 Å². The van der Waals surface area contributed by atoms with Crippen LogP contribution in [0.5, 0.6) is 0 Å². The van der Waals surface area contributed by atoms with Crippen LogP contribution >= 0.6 is 0 Å². The summed E-state index contributed by atoms with van der Waals surface area (Å²) in [4.78, 5) is 0. The van der Waals surface area contributed by atoms with E-state index in [9.17, 15) is 0 Å². The zero-order valence-electron chi connectivity index (χ0n) is 9.26. The van der Waals surface area contributed by atoms with Crippen molar-refractivity contribution in [1.82, 2.24) is 0 Å². The Kier molecular flexibility index (Phi) is 3.55. The summed E-state index contributed by atoms with van der Waals surface area (Å²) in [5.74, 6) is 3.15. The van der Waals surface area contributed by atoms with Crippen molar-refractivity contribution in [2.24, 2.45) is 0 Å². The van der Waals surface area contributed by atoms with Gasteiger partial charge in [-0.2, -0.15) is 5.26 Å². The molecule has 0 saturated heterocycles. The molecule has 1 rings (SSSR count). The Labute approximate surface area is 91.9 Å². The third-order valence-electron chi connectivity index (χ3n) is 1.64. The lowest BCUT2D eigenvalue weighted by Gasteiger charge is -2.03. The van der Waals surface area contributed by atoms with E-state index < -0.39 is 8.07 Å². The van der Waals surface area contributed by atoms with Crippen molar-refractivity contribution in [2.75, 3.05) is 5.32 Å². The molecule has 0 heterocycles. The van der Waals surface area contributed by atoms with Gasteiger partial charge in [0.2, 0.25) is 0 Å². The lowest BCUT2D eigenvalue weighted by Crippen LogP contribution is -2.16. The van der Waals surface area contributed by atoms with Crippen LogP contribution in [0.25, 0.3) is 0 Å². The van der Waals surface area contributed by atoms with E-state index in [0.29, 0.717) is 0 Å². The fraction of sp³-hybridized carbons (Fsp3) is 0.250. The first-order valence-electron chi connectivity index (χ1n) is 4.79. The monoisotopic (exact) mass is 214 g/mol. The minimum atomic E-state index is -1.32. The van der Waals surface area contributed by atoms with Gasteiger partial charge in [0.1, 0.15) is 8.07 Å². The highest BCUT2D eigenvalue weighted by Gasteiger charge is 2.07. The van der Waals surface area contributed by atoms with Gasteiger partial charge >= 0.3 is 0 Å². The number of hydrogen-bond donors (Lipinski definition) is 1. The predicted molar refractivity (Wildman–Crippen MR) is 65.9 cm³/mol. The van der Waals surface area contributed by atoms with E-state index in [-0.39, 0.29) is 0 Å². The highest BCUT2D eigenvalue weighted by molar-refractivity contribution is 6.83. The number of benzene rings is 1. The third kappa shape index (κ3) is 4.35. The molecule has 0 aliphatic rings. The van der Waals surface area contributed by atoms with Crippen molar-refractivity contribution in [2.45, 2.75) is 19.6 Å². The van der Waals surface area contributed by atoms with E-state index in [2.05, 4.69) is 36.4 Å². The summed E-state index contributed by atoms with van der Waals surface area (Å²) in [7, 11) is -1.32. The molecule has 0 aromatic heterocycles. The number of nitrogens with one attached hydrogen (secondary N) is 1. The summed E-state index contributed by atoms with van der Waals surface area (Å²) in [6.07, 6.45) is 1.89. The second kappa shape index (κ2) is 4.68. The van der Waals surface area contributed by atoms with Crippen LogP contribution in [0.2, 0.25) is 19.6 Å². The lowest BCUT2D eigenvalue weighted by atomic mass is 10.2. The van der Waals surface area contributed by atoms with Crippen LogP contribution in [-0.4, -0.2) is 8.07 Å². The standard InChI is InChI=1S/C12H14N2Si/c1-15(2,3)8-7-11-5-4-6-12(9-11)14-10-13/h4-6,9,14H,1-3H3. The molecule has 76 valence electrons. The molecule has 3 heteroatoms. The number of nitrogens with zero attached hydrogens (tertiary/aromatic N) is 1. The Morgan fingerprint density at radius 3 is 2.60 bits per heavy atom. The second-order valence-corrected chi connectivity index (χ2v) is 9.07. The molecule has 0 amide bonds. The molecule has 1 aromatic carbocycles. The topological polar surface area (TPSA) is 35.8 Å². The number of rotatable bonds is 1. The Morgan fingerprint density at radius 2 is 2.00 bits per heavy atom. The molecule has 1 N–H and O–H groups in total. The van der Waals surface area contributed by atoms with Crippen LogP contribution < -0.4 is 5.32 Å². The summed E-state index contributed by atoms with van der Waals surface area (Å²) in [6, 6.07) is 7.59. The summed E-state index contributed by atoms with van der Waals surface area (Å²) >= 11 is 0. The molecule has 1 aromatic rings. The van der Waals surface area contributed by atoms with Crippen LogP contribution in [0.3, 0.4) is 0 Å². The first-order valence-corrected chi connectivity index (χ1v) is 8.29. The molecule has 0 spiro atoms. The van der Waals surface area contributed by atoms with E-state index in [4.69, 9.17) is 5.26 Å². The summed E-state index contributed by atoms with van der Waals surface area (Å²) < 4.78 is 0. The molecule has 0 fully saturated rings. The quantitative estimate of drug-likeness (QED) is 0.338. The van der Waals surface area contributed by atoms with Crippen molar-refractivity contribution >= 4 is 13.8 Å². The van der Waals surface area contributed by atoms with Crippen LogP contribution in [0.1, 0.15) is 5.56 Å². The number of hydrogen-bond acceptors (Lipinski definition) is 2. The van der Waals surface area contributed by atoms with Crippen molar-refractivity contribution in [3.05, 3.63) is 29.8 Å². The van der Waals surface area contributed by atoms with Gasteiger partial charge in [0.15, 0.2) is 6.19 Å². The highest BCUT2D eigenvalue weighted by Crippen LogP contribution is 2.09. The van der Waals surface area contributed by atoms with Crippen LogP contribution in [-0.2, 0) is 0 Å². The molecular weight excluding hydrogens is 200 g/mol. The zero-order chi connectivity index (χ0) is 11.3. The van der Waals surface area contributed by atoms with E-state index in [1.165, 1.54) is 0 Å². The third-order valence-corrected chi connectivity index (χ3v) is 2.52. The van der Waals surface area contributed by atoms with Gasteiger partial charge in [-0.05, 0) is 18.2 Å². The molecule has 0 aliphatic heterocycles. The van der Waals surface area contributed by atoms with Crippen LogP contribution in [0, 0.1) is 22.9 Å². The average molecular weight is 214 g/mol. The van der Waals surface area contributed by atoms with Gasteiger partial charge in [-0.25, -0.2) is 0 Å². The molecule has 0 saturated carbocycles. The normalized spacial score (nSPS) is 9.73. The number of anilines is 1. The van der Waals surface area contributed by atoms with Crippen LogP contribution in [0.4, 0.5) is 5.69 Å².